The van der Waals surface area contributed by atoms with E-state index in [2.05, 4.69) is 19.9 Å². The third-order valence-electron chi connectivity index (χ3n) is 5.32. The minimum atomic E-state index is 0.132. The summed E-state index contributed by atoms with van der Waals surface area (Å²) in [6, 6.07) is 8.31. The molecule has 0 aliphatic carbocycles. The molecule has 1 aromatic carbocycles. The minimum absolute atomic E-state index is 0.132. The lowest BCUT2D eigenvalue weighted by Crippen LogP contribution is -2.41. The molecule has 2 saturated heterocycles. The molecule has 2 aliphatic heterocycles. The van der Waals surface area contributed by atoms with Gasteiger partial charge in [-0.05, 0) is 62.5 Å². The van der Waals surface area contributed by atoms with E-state index in [1.165, 1.54) is 32.3 Å². The predicted molar refractivity (Wildman–Crippen MR) is 101 cm³/mol. The average molecular weight is 351 g/mol. The Morgan fingerprint density at radius 3 is 2.65 bits per heavy atom. The van der Waals surface area contributed by atoms with E-state index in [1.54, 1.807) is 17.1 Å². The number of carbonyl (C=O) groups excluding carboxylic acids is 1. The quantitative estimate of drug-likeness (QED) is 0.776. The highest BCUT2D eigenvalue weighted by Gasteiger charge is 2.29. The lowest BCUT2D eigenvalue weighted by atomic mass is 10.2. The molecule has 2 aliphatic rings. The van der Waals surface area contributed by atoms with Gasteiger partial charge in [0.15, 0.2) is 0 Å². The van der Waals surface area contributed by atoms with Crippen molar-refractivity contribution in [1.82, 2.24) is 24.6 Å². The van der Waals surface area contributed by atoms with Gasteiger partial charge < -0.3 is 9.80 Å². The lowest BCUT2D eigenvalue weighted by molar-refractivity contribution is -0.127. The Balaban J connectivity index is 1.37. The Hall–Kier alpha value is -2.47. The van der Waals surface area contributed by atoms with Gasteiger partial charge in [0, 0.05) is 25.2 Å². The maximum absolute atomic E-state index is 12.7. The molecule has 6 heteroatoms. The Kier molecular flexibility index (Phi) is 5.11. The molecular formula is C20H25N5O. The van der Waals surface area contributed by atoms with E-state index in [9.17, 15) is 4.79 Å². The summed E-state index contributed by atoms with van der Waals surface area (Å²) < 4.78 is 1.71. The van der Waals surface area contributed by atoms with E-state index in [0.29, 0.717) is 6.04 Å². The molecule has 0 spiro atoms. The summed E-state index contributed by atoms with van der Waals surface area (Å²) >= 11 is 0. The van der Waals surface area contributed by atoms with Crippen LogP contribution in [-0.4, -0.2) is 62.7 Å². The second kappa shape index (κ2) is 7.83. The summed E-state index contributed by atoms with van der Waals surface area (Å²) in [7, 11) is 0. The van der Waals surface area contributed by atoms with Crippen LogP contribution in [0.3, 0.4) is 0 Å². The minimum Gasteiger partial charge on any atom is -0.335 e. The molecule has 0 N–H and O–H groups in total. The van der Waals surface area contributed by atoms with Gasteiger partial charge in [-0.25, -0.2) is 9.67 Å². The average Bonchev–Trinajstić information content (AvgIpc) is 3.43. The van der Waals surface area contributed by atoms with Crippen molar-refractivity contribution in [3.8, 4) is 5.69 Å². The van der Waals surface area contributed by atoms with Gasteiger partial charge in [0.2, 0.25) is 5.91 Å². The van der Waals surface area contributed by atoms with Crippen LogP contribution in [-0.2, 0) is 4.79 Å². The Bertz CT molecular complexity index is 747. The molecule has 0 radical (unpaired) electrons. The van der Waals surface area contributed by atoms with E-state index in [0.717, 1.165) is 37.2 Å². The molecule has 1 aromatic heterocycles. The van der Waals surface area contributed by atoms with E-state index in [1.807, 2.05) is 30.3 Å². The first-order chi connectivity index (χ1) is 12.8. The molecule has 136 valence electrons. The second-order valence-corrected chi connectivity index (χ2v) is 7.10. The van der Waals surface area contributed by atoms with Crippen LogP contribution in [0.1, 0.15) is 31.2 Å². The van der Waals surface area contributed by atoms with Crippen molar-refractivity contribution >= 4 is 12.0 Å². The molecule has 2 fully saturated rings. The van der Waals surface area contributed by atoms with Gasteiger partial charge in [-0.15, -0.1) is 0 Å². The van der Waals surface area contributed by atoms with Crippen molar-refractivity contribution in [2.24, 2.45) is 0 Å². The monoisotopic (exact) mass is 351 g/mol. The molecular weight excluding hydrogens is 326 g/mol. The van der Waals surface area contributed by atoms with Crippen LogP contribution in [0.2, 0.25) is 0 Å². The Labute approximate surface area is 154 Å². The molecule has 4 rings (SSSR count). The van der Waals surface area contributed by atoms with Gasteiger partial charge in [-0.3, -0.25) is 4.79 Å². The molecule has 1 atom stereocenters. The maximum atomic E-state index is 12.7. The zero-order valence-corrected chi connectivity index (χ0v) is 15.0. The third kappa shape index (κ3) is 3.85. The molecule has 3 heterocycles. The highest BCUT2D eigenvalue weighted by molar-refractivity contribution is 5.92. The van der Waals surface area contributed by atoms with Crippen LogP contribution in [0.4, 0.5) is 0 Å². The van der Waals surface area contributed by atoms with Crippen LogP contribution in [0.5, 0.6) is 0 Å². The second-order valence-electron chi connectivity index (χ2n) is 7.10. The number of carbonyl (C=O) groups is 1. The SMILES string of the molecule is O=C(C=Cc1ccc(-n2cncn2)cc1)N1CCC[C@H]1CN1CCCC1. The smallest absolute Gasteiger partial charge is 0.246 e. The van der Waals surface area contributed by atoms with Crippen LogP contribution >= 0.6 is 0 Å². The first kappa shape index (κ1) is 17.0. The first-order valence-corrected chi connectivity index (χ1v) is 9.46. The number of likely N-dealkylation sites (tertiary alicyclic amines) is 2. The number of hydrogen-bond acceptors (Lipinski definition) is 4. The zero-order valence-electron chi connectivity index (χ0n) is 15.0. The van der Waals surface area contributed by atoms with Crippen molar-refractivity contribution in [3.63, 3.8) is 0 Å². The summed E-state index contributed by atoms with van der Waals surface area (Å²) in [4.78, 5) is 21.2. The van der Waals surface area contributed by atoms with Gasteiger partial charge in [0.25, 0.3) is 0 Å². The molecule has 0 saturated carbocycles. The number of amides is 1. The topological polar surface area (TPSA) is 54.3 Å². The van der Waals surface area contributed by atoms with E-state index < -0.39 is 0 Å². The molecule has 2 aromatic rings. The van der Waals surface area contributed by atoms with Crippen molar-refractivity contribution in [2.45, 2.75) is 31.7 Å². The van der Waals surface area contributed by atoms with Crippen LogP contribution in [0, 0.1) is 0 Å². The zero-order chi connectivity index (χ0) is 17.8. The Morgan fingerprint density at radius 1 is 1.12 bits per heavy atom. The molecule has 6 nitrogen and oxygen atoms in total. The molecule has 0 unspecified atom stereocenters. The lowest BCUT2D eigenvalue weighted by Gasteiger charge is -2.27. The number of benzene rings is 1. The maximum Gasteiger partial charge on any atom is 0.246 e. The number of nitrogens with zero attached hydrogens (tertiary/aromatic N) is 5. The summed E-state index contributed by atoms with van der Waals surface area (Å²) in [6.07, 6.45) is 11.6. The van der Waals surface area contributed by atoms with E-state index in [-0.39, 0.29) is 5.91 Å². The normalized spacial score (nSPS) is 21.1. The predicted octanol–water partition coefficient (Wildman–Crippen LogP) is 2.37. The third-order valence-corrected chi connectivity index (χ3v) is 5.32. The van der Waals surface area contributed by atoms with Crippen molar-refractivity contribution in [2.75, 3.05) is 26.2 Å². The summed E-state index contributed by atoms with van der Waals surface area (Å²) in [6.45, 7) is 4.29. The van der Waals surface area contributed by atoms with E-state index >= 15 is 0 Å². The number of aromatic nitrogens is 3. The van der Waals surface area contributed by atoms with Gasteiger partial charge in [-0.2, -0.15) is 5.10 Å². The van der Waals surface area contributed by atoms with Crippen molar-refractivity contribution < 1.29 is 4.79 Å². The van der Waals surface area contributed by atoms with Crippen LogP contribution < -0.4 is 0 Å². The van der Waals surface area contributed by atoms with Crippen LogP contribution in [0.15, 0.2) is 43.0 Å². The fraction of sp³-hybridized carbons (Fsp3) is 0.450. The summed E-state index contributed by atoms with van der Waals surface area (Å²) in [5, 5.41) is 4.12. The highest BCUT2D eigenvalue weighted by atomic mass is 16.2. The van der Waals surface area contributed by atoms with Crippen molar-refractivity contribution in [1.29, 1.82) is 0 Å². The number of rotatable bonds is 5. The van der Waals surface area contributed by atoms with Gasteiger partial charge in [0.1, 0.15) is 12.7 Å². The van der Waals surface area contributed by atoms with Crippen molar-refractivity contribution in [3.05, 3.63) is 48.6 Å². The largest absolute Gasteiger partial charge is 0.335 e. The Morgan fingerprint density at radius 2 is 1.92 bits per heavy atom. The van der Waals surface area contributed by atoms with Gasteiger partial charge >= 0.3 is 0 Å². The summed E-state index contributed by atoms with van der Waals surface area (Å²) in [5.74, 6) is 0.132. The van der Waals surface area contributed by atoms with Crippen LogP contribution in [0.25, 0.3) is 11.8 Å². The summed E-state index contributed by atoms with van der Waals surface area (Å²) in [5.41, 5.74) is 1.97. The fourth-order valence-electron chi connectivity index (χ4n) is 3.92. The molecule has 26 heavy (non-hydrogen) atoms. The highest BCUT2D eigenvalue weighted by Crippen LogP contribution is 2.21. The van der Waals surface area contributed by atoms with Gasteiger partial charge in [-0.1, -0.05) is 12.1 Å². The van der Waals surface area contributed by atoms with E-state index in [4.69, 9.17) is 0 Å². The fourth-order valence-corrected chi connectivity index (χ4v) is 3.92. The van der Waals surface area contributed by atoms with Gasteiger partial charge in [0.05, 0.1) is 5.69 Å². The molecule has 0 bridgehead atoms. The standard InChI is InChI=1S/C20H25N5O/c26-20(24-13-3-4-19(24)14-23-11-1-2-12-23)10-7-17-5-8-18(9-6-17)25-16-21-15-22-25/h5-10,15-16,19H,1-4,11-14H2/t19-/m0/s1. The first-order valence-electron chi connectivity index (χ1n) is 9.46. The number of hydrogen-bond donors (Lipinski definition) is 0. The molecule has 1 amide bonds.